The van der Waals surface area contributed by atoms with E-state index in [1.807, 2.05) is 31.2 Å². The van der Waals surface area contributed by atoms with Crippen molar-refractivity contribution in [3.8, 4) is 23.3 Å². The largest absolute Gasteiger partial charge is 0.497 e. The summed E-state index contributed by atoms with van der Waals surface area (Å²) in [6.07, 6.45) is 0. The Hall–Kier alpha value is -4.12. The summed E-state index contributed by atoms with van der Waals surface area (Å²) in [5.41, 5.74) is 7.90. The Balaban J connectivity index is 1.99. The molecule has 2 aromatic rings. The molecule has 8 nitrogen and oxygen atoms in total. The summed E-state index contributed by atoms with van der Waals surface area (Å²) in [7, 11) is 1.61. The van der Waals surface area contributed by atoms with Crippen LogP contribution in [0.25, 0.3) is 0 Å². The molecule has 8 heteroatoms. The quantitative estimate of drug-likeness (QED) is 0.546. The van der Waals surface area contributed by atoms with Crippen LogP contribution in [0.3, 0.4) is 0 Å². The molecule has 2 aromatic carbocycles. The lowest BCUT2D eigenvalue weighted by molar-refractivity contribution is -0.139. The average molecular weight is 465 g/mol. The van der Waals surface area contributed by atoms with Gasteiger partial charge < -0.3 is 29.4 Å². The van der Waals surface area contributed by atoms with Crippen molar-refractivity contribution in [1.29, 1.82) is 5.26 Å². The molecule has 0 fully saturated rings. The first-order valence-corrected chi connectivity index (χ1v) is 10.9. The maximum atomic E-state index is 12.8. The average Bonchev–Trinajstić information content (AvgIpc) is 2.83. The van der Waals surface area contributed by atoms with Crippen LogP contribution in [-0.2, 0) is 20.9 Å². The van der Waals surface area contributed by atoms with E-state index in [0.717, 1.165) is 11.3 Å². The smallest absolute Gasteiger partial charge is 0.338 e. The van der Waals surface area contributed by atoms with Crippen LogP contribution < -0.4 is 19.9 Å². The van der Waals surface area contributed by atoms with Crippen LogP contribution in [-0.4, -0.2) is 26.3 Å². The van der Waals surface area contributed by atoms with Crippen LogP contribution in [0, 0.1) is 11.3 Å². The van der Waals surface area contributed by atoms with Gasteiger partial charge in [-0.25, -0.2) is 4.79 Å². The highest BCUT2D eigenvalue weighted by atomic mass is 16.5. The van der Waals surface area contributed by atoms with Gasteiger partial charge in [0.1, 0.15) is 29.8 Å². The van der Waals surface area contributed by atoms with E-state index < -0.39 is 11.9 Å². The van der Waals surface area contributed by atoms with Crippen LogP contribution in [0.2, 0.25) is 0 Å². The zero-order valence-corrected chi connectivity index (χ0v) is 19.7. The lowest BCUT2D eigenvalue weighted by atomic mass is 9.83. The van der Waals surface area contributed by atoms with E-state index in [1.165, 1.54) is 0 Å². The predicted octanol–water partition coefficient (Wildman–Crippen LogP) is 4.32. The Kier molecular flexibility index (Phi) is 8.04. The number of nitrogens with zero attached hydrogens (tertiary/aromatic N) is 1. The van der Waals surface area contributed by atoms with Gasteiger partial charge in [0.2, 0.25) is 5.88 Å². The third kappa shape index (κ3) is 5.26. The molecular weight excluding hydrogens is 436 g/mol. The minimum Gasteiger partial charge on any atom is -0.497 e. The second-order valence-electron chi connectivity index (χ2n) is 7.39. The monoisotopic (exact) mass is 464 g/mol. The molecule has 0 saturated carbocycles. The van der Waals surface area contributed by atoms with Gasteiger partial charge in [0, 0.05) is 0 Å². The van der Waals surface area contributed by atoms with E-state index in [2.05, 4.69) is 6.07 Å². The minimum absolute atomic E-state index is 0.0469. The molecule has 0 bridgehead atoms. The van der Waals surface area contributed by atoms with Crippen LogP contribution in [0.4, 0.5) is 0 Å². The third-order valence-electron chi connectivity index (χ3n) is 5.23. The van der Waals surface area contributed by atoms with Crippen molar-refractivity contribution in [2.45, 2.75) is 33.3 Å². The number of methoxy groups -OCH3 is 1. The molecule has 0 saturated heterocycles. The number of allylic oxidation sites excluding steroid dienone is 2. The molecule has 1 unspecified atom stereocenters. The Morgan fingerprint density at radius 3 is 2.59 bits per heavy atom. The van der Waals surface area contributed by atoms with E-state index in [4.69, 9.17) is 29.4 Å². The number of carbonyl (C=O) groups is 1. The first-order chi connectivity index (χ1) is 16.4. The van der Waals surface area contributed by atoms with Gasteiger partial charge in [0.05, 0.1) is 31.8 Å². The van der Waals surface area contributed by atoms with Gasteiger partial charge in [-0.15, -0.1) is 0 Å². The van der Waals surface area contributed by atoms with Crippen molar-refractivity contribution in [2.75, 3.05) is 20.3 Å². The lowest BCUT2D eigenvalue weighted by Gasteiger charge is -2.27. The maximum absolute atomic E-state index is 12.8. The Morgan fingerprint density at radius 1 is 1.12 bits per heavy atom. The van der Waals surface area contributed by atoms with Gasteiger partial charge in [0.25, 0.3) is 0 Å². The van der Waals surface area contributed by atoms with E-state index in [-0.39, 0.29) is 29.4 Å². The molecule has 178 valence electrons. The van der Waals surface area contributed by atoms with Gasteiger partial charge >= 0.3 is 5.97 Å². The van der Waals surface area contributed by atoms with Gasteiger partial charge in [-0.1, -0.05) is 18.2 Å². The molecule has 3 rings (SSSR count). The van der Waals surface area contributed by atoms with Crippen LogP contribution in [0.15, 0.2) is 65.3 Å². The summed E-state index contributed by atoms with van der Waals surface area (Å²) >= 11 is 0. The lowest BCUT2D eigenvalue weighted by Crippen LogP contribution is -2.25. The number of benzene rings is 2. The molecule has 0 radical (unpaired) electrons. The highest BCUT2D eigenvalue weighted by molar-refractivity contribution is 5.92. The van der Waals surface area contributed by atoms with Gasteiger partial charge in [-0.2, -0.15) is 5.26 Å². The first-order valence-electron chi connectivity index (χ1n) is 10.9. The highest BCUT2D eigenvalue weighted by Gasteiger charge is 2.36. The Morgan fingerprint density at radius 2 is 1.91 bits per heavy atom. The number of ether oxygens (including phenoxy) is 5. The van der Waals surface area contributed by atoms with Crippen molar-refractivity contribution in [1.82, 2.24) is 0 Å². The molecule has 34 heavy (non-hydrogen) atoms. The van der Waals surface area contributed by atoms with Crippen molar-refractivity contribution in [3.63, 3.8) is 0 Å². The molecule has 0 aromatic heterocycles. The summed E-state index contributed by atoms with van der Waals surface area (Å²) in [4.78, 5) is 12.8. The van der Waals surface area contributed by atoms with Gasteiger partial charge in [-0.05, 0) is 56.2 Å². The number of hydrogen-bond donors (Lipinski definition) is 1. The van der Waals surface area contributed by atoms with Crippen molar-refractivity contribution in [3.05, 3.63) is 76.4 Å². The first kappa shape index (κ1) is 24.5. The zero-order chi connectivity index (χ0) is 24.7. The Bertz CT molecular complexity index is 1160. The van der Waals surface area contributed by atoms with Crippen LogP contribution >= 0.6 is 0 Å². The second kappa shape index (κ2) is 11.1. The van der Waals surface area contributed by atoms with Crippen molar-refractivity contribution < 1.29 is 28.5 Å². The fourth-order valence-corrected chi connectivity index (χ4v) is 3.70. The van der Waals surface area contributed by atoms with E-state index in [0.29, 0.717) is 30.3 Å². The number of rotatable bonds is 9. The summed E-state index contributed by atoms with van der Waals surface area (Å²) in [5.74, 6) is 0.653. The number of nitriles is 1. The summed E-state index contributed by atoms with van der Waals surface area (Å²) in [5, 5.41) is 9.78. The predicted molar refractivity (Wildman–Crippen MR) is 125 cm³/mol. The molecule has 0 aliphatic carbocycles. The van der Waals surface area contributed by atoms with Crippen LogP contribution in [0.5, 0.6) is 17.2 Å². The third-order valence-corrected chi connectivity index (χ3v) is 5.23. The number of esters is 1. The standard InChI is InChI=1S/C26H28N2O6/c1-5-31-22-13-18(10-11-21(22)33-15-17-8-7-9-19(12-17)30-4)24-20(14-27)25(28)34-16(3)23(24)26(29)32-6-2/h7-13,24H,5-6,15,28H2,1-4H3. The number of nitrogens with two attached hydrogens (primary N) is 1. The molecule has 1 heterocycles. The van der Waals surface area contributed by atoms with Crippen LogP contribution in [0.1, 0.15) is 37.8 Å². The van der Waals surface area contributed by atoms with Gasteiger partial charge in [-0.3, -0.25) is 0 Å². The summed E-state index contributed by atoms with van der Waals surface area (Å²) < 4.78 is 27.8. The van der Waals surface area contributed by atoms with Gasteiger partial charge in [0.15, 0.2) is 11.5 Å². The molecule has 1 aliphatic rings. The molecule has 1 aliphatic heterocycles. The molecule has 0 amide bonds. The molecule has 0 spiro atoms. The number of carbonyl (C=O) groups excluding carboxylic acids is 1. The topological polar surface area (TPSA) is 113 Å². The van der Waals surface area contributed by atoms with E-state index in [9.17, 15) is 10.1 Å². The van der Waals surface area contributed by atoms with E-state index in [1.54, 1.807) is 39.2 Å². The fraction of sp³-hybridized carbons (Fsp3) is 0.308. The zero-order valence-electron chi connectivity index (χ0n) is 19.7. The van der Waals surface area contributed by atoms with Crippen molar-refractivity contribution in [2.24, 2.45) is 5.73 Å². The fourth-order valence-electron chi connectivity index (χ4n) is 3.70. The highest BCUT2D eigenvalue weighted by Crippen LogP contribution is 2.42. The van der Waals surface area contributed by atoms with Crippen molar-refractivity contribution >= 4 is 5.97 Å². The summed E-state index contributed by atoms with van der Waals surface area (Å²) in [6, 6.07) is 14.9. The second-order valence-corrected chi connectivity index (χ2v) is 7.39. The summed E-state index contributed by atoms with van der Waals surface area (Å²) in [6.45, 7) is 6.08. The number of hydrogen-bond acceptors (Lipinski definition) is 8. The minimum atomic E-state index is -0.760. The normalized spacial score (nSPS) is 15.3. The molecular formula is C26H28N2O6. The van der Waals surface area contributed by atoms with E-state index >= 15 is 0 Å². The molecule has 2 N–H and O–H groups in total. The maximum Gasteiger partial charge on any atom is 0.338 e. The Labute approximate surface area is 199 Å². The SMILES string of the molecule is CCOC(=O)C1=C(C)OC(N)=C(C#N)C1c1ccc(OCc2cccc(OC)c2)c(OCC)c1. The molecule has 1 atom stereocenters.